The molecule has 0 bridgehead atoms. The maximum Gasteiger partial charge on any atom is 0.222 e. The summed E-state index contributed by atoms with van der Waals surface area (Å²) in [5, 5.41) is 22.2. The van der Waals surface area contributed by atoms with Crippen molar-refractivity contribution in [3.63, 3.8) is 0 Å². The van der Waals surface area contributed by atoms with E-state index in [0.29, 0.717) is 44.7 Å². The number of fused-ring (bicyclic) bond motifs is 3. The first kappa shape index (κ1) is 22.1. The van der Waals surface area contributed by atoms with Crippen molar-refractivity contribution in [2.24, 2.45) is 17.3 Å². The van der Waals surface area contributed by atoms with E-state index in [1.54, 1.807) is 0 Å². The highest BCUT2D eigenvalue weighted by Gasteiger charge is 2.70. The highest BCUT2D eigenvalue weighted by atomic mass is 16.8. The van der Waals surface area contributed by atoms with Crippen LogP contribution in [0.1, 0.15) is 65.7 Å². The van der Waals surface area contributed by atoms with Crippen LogP contribution in [-0.2, 0) is 18.9 Å². The largest absolute Gasteiger partial charge is 0.391 e. The minimum absolute atomic E-state index is 0.310. The lowest BCUT2D eigenvalue weighted by Crippen LogP contribution is -2.65. The molecule has 3 fully saturated rings. The molecule has 0 radical (unpaired) electrons. The van der Waals surface area contributed by atoms with Crippen molar-refractivity contribution in [1.82, 2.24) is 0 Å². The lowest BCUT2D eigenvalue weighted by molar-refractivity contribution is -0.314. The van der Waals surface area contributed by atoms with E-state index < -0.39 is 17.2 Å². The standard InChI is InChI=1S/C25H38O6/c1-17-4-5-20-19(18(17)7-10-23(3)28-12-13-29-23)6-9-22(2)21(20)8-11-24(22,27)25(16-26)30-14-15-31-25/h6,20-21,26-27H,4-5,7-16H2,1-3H3/t20?,21?,22-,24+/m0/s1. The maximum absolute atomic E-state index is 12.0. The first-order valence-corrected chi connectivity index (χ1v) is 12.1. The van der Waals surface area contributed by atoms with Gasteiger partial charge in [0.25, 0.3) is 0 Å². The molecule has 2 N–H and O–H groups in total. The highest BCUT2D eigenvalue weighted by Crippen LogP contribution is 2.65. The molecule has 0 spiro atoms. The van der Waals surface area contributed by atoms with Crippen molar-refractivity contribution < 1.29 is 29.2 Å². The molecule has 31 heavy (non-hydrogen) atoms. The molecule has 2 unspecified atom stereocenters. The molecule has 6 heteroatoms. The first-order valence-electron chi connectivity index (χ1n) is 12.1. The summed E-state index contributed by atoms with van der Waals surface area (Å²) in [6.45, 7) is 8.39. The molecule has 1 saturated carbocycles. The zero-order chi connectivity index (χ0) is 21.9. The Balaban J connectivity index is 1.43. The Morgan fingerprint density at radius 2 is 1.71 bits per heavy atom. The molecule has 0 amide bonds. The van der Waals surface area contributed by atoms with Gasteiger partial charge in [-0.1, -0.05) is 18.6 Å². The third-order valence-corrected chi connectivity index (χ3v) is 9.22. The van der Waals surface area contributed by atoms with Crippen LogP contribution in [0.4, 0.5) is 0 Å². The van der Waals surface area contributed by atoms with Gasteiger partial charge in [-0.15, -0.1) is 0 Å². The Kier molecular flexibility index (Phi) is 5.44. The van der Waals surface area contributed by atoms with Gasteiger partial charge in [0.05, 0.1) is 26.4 Å². The van der Waals surface area contributed by atoms with Crippen molar-refractivity contribution >= 4 is 0 Å². The molecular weight excluding hydrogens is 396 g/mol. The second-order valence-electron chi connectivity index (χ2n) is 10.6. The van der Waals surface area contributed by atoms with Gasteiger partial charge in [-0.05, 0) is 75.4 Å². The van der Waals surface area contributed by atoms with Crippen LogP contribution in [0.25, 0.3) is 0 Å². The van der Waals surface area contributed by atoms with E-state index in [1.807, 2.05) is 0 Å². The minimum atomic E-state index is -1.29. The van der Waals surface area contributed by atoms with Crippen LogP contribution in [0, 0.1) is 17.3 Å². The van der Waals surface area contributed by atoms with E-state index in [2.05, 4.69) is 26.8 Å². The second-order valence-corrected chi connectivity index (χ2v) is 10.6. The van der Waals surface area contributed by atoms with E-state index in [-0.39, 0.29) is 12.0 Å². The molecule has 0 aromatic rings. The predicted octanol–water partition coefficient (Wildman–Crippen LogP) is 3.47. The van der Waals surface area contributed by atoms with Crippen molar-refractivity contribution in [3.8, 4) is 0 Å². The average molecular weight is 435 g/mol. The number of hydrogen-bond acceptors (Lipinski definition) is 6. The Morgan fingerprint density at radius 1 is 1.03 bits per heavy atom. The molecule has 3 aliphatic carbocycles. The number of aliphatic hydroxyl groups is 2. The van der Waals surface area contributed by atoms with Crippen LogP contribution in [0.15, 0.2) is 22.8 Å². The number of ether oxygens (including phenoxy) is 4. The van der Waals surface area contributed by atoms with E-state index in [1.165, 1.54) is 16.7 Å². The molecule has 2 heterocycles. The third-order valence-electron chi connectivity index (χ3n) is 9.22. The van der Waals surface area contributed by atoms with Crippen molar-refractivity contribution in [3.05, 3.63) is 22.8 Å². The topological polar surface area (TPSA) is 77.4 Å². The number of allylic oxidation sites excluding steroid dienone is 4. The average Bonchev–Trinajstić information content (AvgIpc) is 3.47. The van der Waals surface area contributed by atoms with Crippen LogP contribution in [0.3, 0.4) is 0 Å². The van der Waals surface area contributed by atoms with E-state index in [0.717, 1.165) is 38.5 Å². The molecule has 5 rings (SSSR count). The van der Waals surface area contributed by atoms with Crippen molar-refractivity contribution in [2.75, 3.05) is 33.0 Å². The van der Waals surface area contributed by atoms with Crippen LogP contribution >= 0.6 is 0 Å². The van der Waals surface area contributed by atoms with Crippen LogP contribution in [0.5, 0.6) is 0 Å². The van der Waals surface area contributed by atoms with Gasteiger partial charge < -0.3 is 29.2 Å². The van der Waals surface area contributed by atoms with Crippen molar-refractivity contribution in [1.29, 1.82) is 0 Å². The highest BCUT2D eigenvalue weighted by molar-refractivity contribution is 5.43. The van der Waals surface area contributed by atoms with E-state index >= 15 is 0 Å². The Hall–Kier alpha value is -0.760. The van der Waals surface area contributed by atoms with Gasteiger partial charge in [0.2, 0.25) is 5.79 Å². The summed E-state index contributed by atoms with van der Waals surface area (Å²) in [5.41, 5.74) is 2.86. The molecular formula is C25H38O6. The van der Waals surface area contributed by atoms with E-state index in [4.69, 9.17) is 18.9 Å². The van der Waals surface area contributed by atoms with E-state index in [9.17, 15) is 10.2 Å². The molecule has 4 atom stereocenters. The Labute approximate surface area is 185 Å². The van der Waals surface area contributed by atoms with Crippen LogP contribution < -0.4 is 0 Å². The summed E-state index contributed by atoms with van der Waals surface area (Å²) in [6.07, 6.45) is 8.72. The molecule has 5 aliphatic rings. The summed E-state index contributed by atoms with van der Waals surface area (Å²) in [4.78, 5) is 0. The number of aliphatic hydroxyl groups excluding tert-OH is 1. The summed E-state index contributed by atoms with van der Waals surface area (Å²) >= 11 is 0. The summed E-state index contributed by atoms with van der Waals surface area (Å²) < 4.78 is 23.5. The predicted molar refractivity (Wildman–Crippen MR) is 115 cm³/mol. The SMILES string of the molecule is CC1=C(CCC2(C)OCCO2)C2=CC[C@@]3(C)C(CC[C@]3(O)C3(CO)OCCO3)C2CC1. The summed E-state index contributed by atoms with van der Waals surface area (Å²) in [7, 11) is 0. The fourth-order valence-electron chi connectivity index (χ4n) is 7.36. The van der Waals surface area contributed by atoms with Gasteiger partial charge >= 0.3 is 0 Å². The van der Waals surface area contributed by atoms with Gasteiger partial charge in [-0.25, -0.2) is 0 Å². The second kappa shape index (κ2) is 7.64. The fourth-order valence-corrected chi connectivity index (χ4v) is 7.36. The fraction of sp³-hybridized carbons (Fsp3) is 0.840. The smallest absolute Gasteiger partial charge is 0.222 e. The van der Waals surface area contributed by atoms with Gasteiger partial charge in [-0.3, -0.25) is 0 Å². The minimum Gasteiger partial charge on any atom is -0.391 e. The maximum atomic E-state index is 12.0. The normalized spacial score (nSPS) is 41.3. The number of rotatable bonds is 5. The Morgan fingerprint density at radius 3 is 2.39 bits per heavy atom. The monoisotopic (exact) mass is 434 g/mol. The van der Waals surface area contributed by atoms with Gasteiger partial charge in [-0.2, -0.15) is 0 Å². The van der Waals surface area contributed by atoms with Gasteiger partial charge in [0.1, 0.15) is 12.2 Å². The Bertz CT molecular complexity index is 775. The zero-order valence-electron chi connectivity index (χ0n) is 19.2. The lowest BCUT2D eigenvalue weighted by atomic mass is 9.55. The molecule has 2 saturated heterocycles. The number of hydrogen-bond donors (Lipinski definition) is 2. The van der Waals surface area contributed by atoms with Gasteiger partial charge in [0, 0.05) is 11.8 Å². The summed E-state index contributed by atoms with van der Waals surface area (Å²) in [5.74, 6) is -0.979. The first-order chi connectivity index (χ1) is 14.8. The zero-order valence-corrected chi connectivity index (χ0v) is 19.2. The van der Waals surface area contributed by atoms with Crippen LogP contribution in [-0.4, -0.2) is 60.4 Å². The molecule has 2 aliphatic heterocycles. The lowest BCUT2D eigenvalue weighted by Gasteiger charge is -2.54. The third kappa shape index (κ3) is 3.13. The van der Waals surface area contributed by atoms with Crippen LogP contribution in [0.2, 0.25) is 0 Å². The van der Waals surface area contributed by atoms with Crippen molar-refractivity contribution in [2.45, 2.75) is 82.9 Å². The summed E-state index contributed by atoms with van der Waals surface area (Å²) in [6, 6.07) is 0. The molecule has 0 aromatic heterocycles. The molecule has 6 nitrogen and oxygen atoms in total. The quantitative estimate of drug-likeness (QED) is 0.690. The molecule has 174 valence electrons. The van der Waals surface area contributed by atoms with Gasteiger partial charge in [0.15, 0.2) is 5.79 Å². The molecule has 0 aromatic carbocycles.